The van der Waals surface area contributed by atoms with Gasteiger partial charge in [-0.15, -0.1) is 0 Å². The molecule has 0 bridgehead atoms. The van der Waals surface area contributed by atoms with E-state index in [1.165, 1.54) is 0 Å². The summed E-state index contributed by atoms with van der Waals surface area (Å²) in [7, 11) is -4.02. The number of para-hydroxylation sites is 1. The zero-order valence-corrected chi connectivity index (χ0v) is 18.7. The minimum Gasteiger partial charge on any atom is -0.386 e. The zero-order valence-electron chi connectivity index (χ0n) is 17.8. The van der Waals surface area contributed by atoms with Gasteiger partial charge >= 0.3 is 7.82 Å². The van der Waals surface area contributed by atoms with Crippen LogP contribution in [0.2, 0.25) is 0 Å². The van der Waals surface area contributed by atoms with Crippen LogP contribution in [0.15, 0.2) is 54.6 Å². The highest BCUT2D eigenvalue weighted by Gasteiger charge is 2.35. The second-order valence-corrected chi connectivity index (χ2v) is 8.93. The molecule has 3 aromatic carbocycles. The van der Waals surface area contributed by atoms with Crippen LogP contribution in [0.5, 0.6) is 17.2 Å². The Morgan fingerprint density at radius 2 is 0.966 bits per heavy atom. The number of phosphoric acid groups is 1. The normalized spacial score (nSPS) is 11.2. The smallest absolute Gasteiger partial charge is 0.386 e. The Morgan fingerprint density at radius 1 is 0.586 bits per heavy atom. The average molecular weight is 410 g/mol. The van der Waals surface area contributed by atoms with E-state index < -0.39 is 7.82 Å². The molecule has 0 aliphatic heterocycles. The molecular weight excluding hydrogens is 383 g/mol. The SMILES string of the molecule is Cc1cc(C)c(OP(=O)(Oc2ccccc2)Oc2c(C)cc(C)cc2C)c(C)c1. The maximum atomic E-state index is 13.8. The third-order valence-corrected chi connectivity index (χ3v) is 5.82. The van der Waals surface area contributed by atoms with E-state index in [1.54, 1.807) is 12.1 Å². The van der Waals surface area contributed by atoms with Gasteiger partial charge < -0.3 is 13.6 Å². The Morgan fingerprint density at radius 3 is 1.34 bits per heavy atom. The second kappa shape index (κ2) is 8.34. The summed E-state index contributed by atoms with van der Waals surface area (Å²) in [6.07, 6.45) is 0. The fourth-order valence-corrected chi connectivity index (χ4v) is 5.03. The lowest BCUT2D eigenvalue weighted by Crippen LogP contribution is -2.10. The molecule has 0 fully saturated rings. The maximum Gasteiger partial charge on any atom is 0.647 e. The molecule has 29 heavy (non-hydrogen) atoms. The minimum atomic E-state index is -4.02. The summed E-state index contributed by atoms with van der Waals surface area (Å²) in [5.41, 5.74) is 5.72. The van der Waals surface area contributed by atoms with Gasteiger partial charge in [0.1, 0.15) is 17.2 Å². The van der Waals surface area contributed by atoms with Gasteiger partial charge in [0, 0.05) is 0 Å². The van der Waals surface area contributed by atoms with Gasteiger partial charge in [-0.1, -0.05) is 53.6 Å². The van der Waals surface area contributed by atoms with Crippen LogP contribution >= 0.6 is 7.82 Å². The van der Waals surface area contributed by atoms with E-state index in [0.29, 0.717) is 17.2 Å². The molecular formula is C24H27O4P. The zero-order chi connectivity index (χ0) is 21.2. The number of rotatable bonds is 6. The molecule has 5 heteroatoms. The van der Waals surface area contributed by atoms with E-state index in [-0.39, 0.29) is 0 Å². The Kier molecular flexibility index (Phi) is 6.04. The molecule has 3 rings (SSSR count). The highest BCUT2D eigenvalue weighted by atomic mass is 31.2. The van der Waals surface area contributed by atoms with Gasteiger partial charge in [-0.25, -0.2) is 0 Å². The fraction of sp³-hybridized carbons (Fsp3) is 0.250. The van der Waals surface area contributed by atoms with E-state index in [9.17, 15) is 4.57 Å². The van der Waals surface area contributed by atoms with Crippen molar-refractivity contribution >= 4 is 7.82 Å². The minimum absolute atomic E-state index is 0.417. The van der Waals surface area contributed by atoms with Gasteiger partial charge in [-0.05, 0) is 75.9 Å². The molecule has 0 saturated carbocycles. The summed E-state index contributed by atoms with van der Waals surface area (Å²) >= 11 is 0. The third-order valence-electron chi connectivity index (χ3n) is 4.58. The first-order valence-electron chi connectivity index (χ1n) is 9.56. The highest BCUT2D eigenvalue weighted by molar-refractivity contribution is 7.49. The number of aryl methyl sites for hydroxylation is 6. The lowest BCUT2D eigenvalue weighted by Gasteiger charge is -2.23. The molecule has 0 heterocycles. The van der Waals surface area contributed by atoms with E-state index in [0.717, 1.165) is 33.4 Å². The lowest BCUT2D eigenvalue weighted by molar-refractivity contribution is 0.295. The summed E-state index contributed by atoms with van der Waals surface area (Å²) in [4.78, 5) is 0. The first-order valence-corrected chi connectivity index (χ1v) is 11.0. The van der Waals surface area contributed by atoms with Crippen LogP contribution in [0, 0.1) is 41.5 Å². The molecule has 0 spiro atoms. The van der Waals surface area contributed by atoms with E-state index in [4.69, 9.17) is 13.6 Å². The number of hydrogen-bond donors (Lipinski definition) is 0. The molecule has 0 saturated heterocycles. The monoisotopic (exact) mass is 410 g/mol. The van der Waals surface area contributed by atoms with Crippen molar-refractivity contribution in [3.63, 3.8) is 0 Å². The molecule has 0 unspecified atom stereocenters. The summed E-state index contributed by atoms with van der Waals surface area (Å²) in [5.74, 6) is 1.44. The average Bonchev–Trinajstić information content (AvgIpc) is 2.62. The van der Waals surface area contributed by atoms with Crippen molar-refractivity contribution in [2.24, 2.45) is 0 Å². The fourth-order valence-electron chi connectivity index (χ4n) is 3.51. The van der Waals surface area contributed by atoms with E-state index in [1.807, 2.05) is 84.0 Å². The number of benzene rings is 3. The summed E-state index contributed by atoms with van der Waals surface area (Å²) in [6, 6.07) is 16.9. The predicted molar refractivity (Wildman–Crippen MR) is 117 cm³/mol. The van der Waals surface area contributed by atoms with Gasteiger partial charge in [0.15, 0.2) is 0 Å². The van der Waals surface area contributed by atoms with Crippen molar-refractivity contribution < 1.29 is 18.1 Å². The quantitative estimate of drug-likeness (QED) is 0.404. The van der Waals surface area contributed by atoms with Gasteiger partial charge in [-0.3, -0.25) is 0 Å². The lowest BCUT2D eigenvalue weighted by atomic mass is 10.1. The van der Waals surface area contributed by atoms with Crippen molar-refractivity contribution in [2.45, 2.75) is 41.5 Å². The summed E-state index contributed by atoms with van der Waals surface area (Å²) < 4.78 is 31.6. The van der Waals surface area contributed by atoms with Crippen LogP contribution in [-0.2, 0) is 4.57 Å². The van der Waals surface area contributed by atoms with Crippen LogP contribution in [0.25, 0.3) is 0 Å². The van der Waals surface area contributed by atoms with Crippen LogP contribution in [0.1, 0.15) is 33.4 Å². The van der Waals surface area contributed by atoms with Gasteiger partial charge in [-0.2, -0.15) is 4.57 Å². The molecule has 0 aromatic heterocycles. The van der Waals surface area contributed by atoms with Gasteiger partial charge in [0.05, 0.1) is 0 Å². The van der Waals surface area contributed by atoms with E-state index >= 15 is 0 Å². The van der Waals surface area contributed by atoms with Crippen LogP contribution in [0.3, 0.4) is 0 Å². The molecule has 0 atom stereocenters. The Bertz CT molecular complexity index is 964. The van der Waals surface area contributed by atoms with Gasteiger partial charge in [0.25, 0.3) is 0 Å². The van der Waals surface area contributed by atoms with Crippen LogP contribution in [-0.4, -0.2) is 0 Å². The third kappa shape index (κ3) is 5.02. The molecule has 0 aliphatic rings. The van der Waals surface area contributed by atoms with Gasteiger partial charge in [0.2, 0.25) is 0 Å². The van der Waals surface area contributed by atoms with Crippen molar-refractivity contribution in [3.8, 4) is 17.2 Å². The van der Waals surface area contributed by atoms with Crippen molar-refractivity contribution in [1.82, 2.24) is 0 Å². The maximum absolute atomic E-state index is 13.8. The molecule has 0 aliphatic carbocycles. The number of hydrogen-bond acceptors (Lipinski definition) is 4. The topological polar surface area (TPSA) is 44.8 Å². The molecule has 0 N–H and O–H groups in total. The first kappa shape index (κ1) is 21.0. The first-order chi connectivity index (χ1) is 13.7. The Balaban J connectivity index is 2.04. The molecule has 0 amide bonds. The predicted octanol–water partition coefficient (Wildman–Crippen LogP) is 7.18. The molecule has 3 aromatic rings. The van der Waals surface area contributed by atoms with Crippen molar-refractivity contribution in [3.05, 3.63) is 88.0 Å². The van der Waals surface area contributed by atoms with Crippen molar-refractivity contribution in [2.75, 3.05) is 0 Å². The van der Waals surface area contributed by atoms with E-state index in [2.05, 4.69) is 0 Å². The van der Waals surface area contributed by atoms with Crippen molar-refractivity contribution in [1.29, 1.82) is 0 Å². The molecule has 4 nitrogen and oxygen atoms in total. The molecule has 152 valence electrons. The standard InChI is InChI=1S/C24H27O4P/c1-16-12-18(3)23(19(4)13-16)27-29(25,26-22-10-8-7-9-11-22)28-24-20(5)14-17(2)15-21(24)6/h7-15H,1-6H3. The van der Waals surface area contributed by atoms with Crippen LogP contribution < -0.4 is 13.6 Å². The highest BCUT2D eigenvalue weighted by Crippen LogP contribution is 2.52. The summed E-state index contributed by atoms with van der Waals surface area (Å²) in [6.45, 7) is 11.7. The second-order valence-electron chi connectivity index (χ2n) is 7.49. The largest absolute Gasteiger partial charge is 0.647 e. The summed E-state index contributed by atoms with van der Waals surface area (Å²) in [5, 5.41) is 0. The Hall–Kier alpha value is -2.71. The Labute approximate surface area is 173 Å². The molecule has 0 radical (unpaired) electrons. The number of phosphoric ester groups is 1. The van der Waals surface area contributed by atoms with Crippen LogP contribution in [0.4, 0.5) is 0 Å².